The van der Waals surface area contributed by atoms with Crippen LogP contribution in [0.2, 0.25) is 0 Å². The number of H-pyrrole nitrogens is 1. The summed E-state index contributed by atoms with van der Waals surface area (Å²) in [6.45, 7) is 3.47. The van der Waals surface area contributed by atoms with Crippen molar-refractivity contribution in [1.82, 2.24) is 20.1 Å². The number of ether oxygens (including phenoxy) is 1. The molecule has 0 atom stereocenters. The summed E-state index contributed by atoms with van der Waals surface area (Å²) in [6.07, 6.45) is 3.60. The molecule has 1 aliphatic heterocycles. The third-order valence-electron chi connectivity index (χ3n) is 4.52. The van der Waals surface area contributed by atoms with Crippen LogP contribution in [0.4, 0.5) is 4.39 Å². The molecule has 1 N–H and O–H groups in total. The quantitative estimate of drug-likeness (QED) is 0.872. The molecular formula is C18H23FN4O2. The van der Waals surface area contributed by atoms with Gasteiger partial charge in [0, 0.05) is 25.9 Å². The Labute approximate surface area is 146 Å². The van der Waals surface area contributed by atoms with Crippen LogP contribution in [0.1, 0.15) is 31.4 Å². The van der Waals surface area contributed by atoms with Gasteiger partial charge in [0.25, 0.3) is 5.91 Å². The van der Waals surface area contributed by atoms with Crippen molar-refractivity contribution in [3.63, 3.8) is 0 Å². The Balaban J connectivity index is 1.41. The van der Waals surface area contributed by atoms with Crippen LogP contribution in [0.5, 0.6) is 5.75 Å². The Hall–Kier alpha value is -2.44. The average Bonchev–Trinajstić information content (AvgIpc) is 3.09. The van der Waals surface area contributed by atoms with Crippen molar-refractivity contribution in [2.75, 3.05) is 19.7 Å². The molecule has 1 amide bonds. The molecule has 2 heterocycles. The van der Waals surface area contributed by atoms with Crippen molar-refractivity contribution in [3.05, 3.63) is 41.7 Å². The summed E-state index contributed by atoms with van der Waals surface area (Å²) < 4.78 is 18.3. The molecule has 0 bridgehead atoms. The molecule has 134 valence electrons. The summed E-state index contributed by atoms with van der Waals surface area (Å²) in [6, 6.07) is 5.69. The van der Waals surface area contributed by atoms with Gasteiger partial charge in [-0.1, -0.05) is 6.92 Å². The molecule has 3 rings (SSSR count). The molecule has 2 aromatic rings. The molecule has 0 radical (unpaired) electrons. The predicted octanol–water partition coefficient (Wildman–Crippen LogP) is 2.37. The lowest BCUT2D eigenvalue weighted by Gasteiger charge is -2.31. The molecule has 6 nitrogen and oxygen atoms in total. The second-order valence-corrected chi connectivity index (χ2v) is 6.32. The fourth-order valence-corrected chi connectivity index (χ4v) is 3.01. The fourth-order valence-electron chi connectivity index (χ4n) is 3.01. The van der Waals surface area contributed by atoms with Gasteiger partial charge in [0.2, 0.25) is 0 Å². The molecule has 1 fully saturated rings. The number of aromatic nitrogens is 3. The Bertz CT molecular complexity index is 693. The standard InChI is InChI=1S/C18H23FN4O2/c1-2-16-20-17(22-21-16)11-13-7-9-23(10-8-13)18(24)12-25-15-5-3-14(19)4-6-15/h3-6,13H,2,7-12H2,1H3,(H,20,21,22). The zero-order valence-corrected chi connectivity index (χ0v) is 14.4. The number of benzene rings is 1. The number of piperidine rings is 1. The van der Waals surface area contributed by atoms with Crippen molar-refractivity contribution in [1.29, 1.82) is 0 Å². The van der Waals surface area contributed by atoms with E-state index < -0.39 is 0 Å². The van der Waals surface area contributed by atoms with E-state index in [2.05, 4.69) is 15.2 Å². The number of carbonyl (C=O) groups excluding carboxylic acids is 1. The van der Waals surface area contributed by atoms with Crippen LogP contribution in [-0.2, 0) is 17.6 Å². The molecule has 0 aliphatic carbocycles. The Morgan fingerprint density at radius 1 is 1.32 bits per heavy atom. The second kappa shape index (κ2) is 8.09. The van der Waals surface area contributed by atoms with E-state index in [1.54, 1.807) is 0 Å². The van der Waals surface area contributed by atoms with E-state index in [4.69, 9.17) is 4.74 Å². The van der Waals surface area contributed by atoms with E-state index in [1.165, 1.54) is 24.3 Å². The molecule has 1 aromatic heterocycles. The summed E-state index contributed by atoms with van der Waals surface area (Å²) in [4.78, 5) is 18.5. The van der Waals surface area contributed by atoms with Crippen molar-refractivity contribution in [2.24, 2.45) is 5.92 Å². The summed E-state index contributed by atoms with van der Waals surface area (Å²) >= 11 is 0. The summed E-state index contributed by atoms with van der Waals surface area (Å²) in [5.74, 6) is 2.44. The summed E-state index contributed by atoms with van der Waals surface area (Å²) in [5, 5.41) is 7.15. The van der Waals surface area contributed by atoms with E-state index in [0.717, 1.165) is 50.4 Å². The van der Waals surface area contributed by atoms with Gasteiger partial charge in [-0.15, -0.1) is 0 Å². The van der Waals surface area contributed by atoms with Crippen LogP contribution < -0.4 is 4.74 Å². The van der Waals surface area contributed by atoms with Crippen LogP contribution in [-0.4, -0.2) is 45.7 Å². The Morgan fingerprint density at radius 2 is 2.04 bits per heavy atom. The zero-order chi connectivity index (χ0) is 17.6. The topological polar surface area (TPSA) is 71.1 Å². The number of aryl methyl sites for hydroxylation is 1. The maximum absolute atomic E-state index is 12.8. The molecule has 1 aromatic carbocycles. The highest BCUT2D eigenvalue weighted by molar-refractivity contribution is 5.77. The lowest BCUT2D eigenvalue weighted by Crippen LogP contribution is -2.41. The van der Waals surface area contributed by atoms with Gasteiger partial charge in [0.05, 0.1) is 0 Å². The van der Waals surface area contributed by atoms with Gasteiger partial charge < -0.3 is 9.64 Å². The van der Waals surface area contributed by atoms with Crippen molar-refractivity contribution in [2.45, 2.75) is 32.6 Å². The smallest absolute Gasteiger partial charge is 0.260 e. The largest absolute Gasteiger partial charge is 0.484 e. The van der Waals surface area contributed by atoms with E-state index in [-0.39, 0.29) is 18.3 Å². The van der Waals surface area contributed by atoms with Gasteiger partial charge in [0.15, 0.2) is 6.61 Å². The van der Waals surface area contributed by atoms with Crippen LogP contribution in [0.25, 0.3) is 0 Å². The number of hydrogen-bond donors (Lipinski definition) is 1. The highest BCUT2D eigenvalue weighted by Gasteiger charge is 2.24. The van der Waals surface area contributed by atoms with Crippen molar-refractivity contribution < 1.29 is 13.9 Å². The van der Waals surface area contributed by atoms with Gasteiger partial charge in [-0.05, 0) is 43.0 Å². The van der Waals surface area contributed by atoms with Crippen LogP contribution in [0.15, 0.2) is 24.3 Å². The third-order valence-corrected chi connectivity index (χ3v) is 4.52. The van der Waals surface area contributed by atoms with E-state index in [0.29, 0.717) is 11.7 Å². The molecule has 0 spiro atoms. The monoisotopic (exact) mass is 346 g/mol. The minimum Gasteiger partial charge on any atom is -0.484 e. The first-order chi connectivity index (χ1) is 12.1. The molecule has 25 heavy (non-hydrogen) atoms. The van der Waals surface area contributed by atoms with Crippen molar-refractivity contribution in [3.8, 4) is 5.75 Å². The lowest BCUT2D eigenvalue weighted by atomic mass is 9.93. The SMILES string of the molecule is CCc1n[nH]c(CC2CCN(C(=O)COc3ccc(F)cc3)CC2)n1. The van der Waals surface area contributed by atoms with Crippen LogP contribution in [0.3, 0.4) is 0 Å². The Kier molecular flexibility index (Phi) is 5.63. The highest BCUT2D eigenvalue weighted by Crippen LogP contribution is 2.21. The number of nitrogens with zero attached hydrogens (tertiary/aromatic N) is 3. The van der Waals surface area contributed by atoms with Gasteiger partial charge in [0.1, 0.15) is 23.2 Å². The second-order valence-electron chi connectivity index (χ2n) is 6.32. The lowest BCUT2D eigenvalue weighted by molar-refractivity contribution is -0.134. The summed E-state index contributed by atoms with van der Waals surface area (Å²) in [7, 11) is 0. The maximum atomic E-state index is 12.8. The average molecular weight is 346 g/mol. The zero-order valence-electron chi connectivity index (χ0n) is 14.4. The van der Waals surface area contributed by atoms with Crippen LogP contribution >= 0.6 is 0 Å². The number of hydrogen-bond acceptors (Lipinski definition) is 4. The first-order valence-corrected chi connectivity index (χ1v) is 8.70. The molecule has 1 aliphatic rings. The molecule has 0 unspecified atom stereocenters. The number of aromatic amines is 1. The number of likely N-dealkylation sites (tertiary alicyclic amines) is 1. The maximum Gasteiger partial charge on any atom is 0.260 e. The van der Waals surface area contributed by atoms with Gasteiger partial charge in [-0.2, -0.15) is 5.10 Å². The summed E-state index contributed by atoms with van der Waals surface area (Å²) in [5.41, 5.74) is 0. The van der Waals surface area contributed by atoms with E-state index in [9.17, 15) is 9.18 Å². The molecule has 1 saturated heterocycles. The molecular weight excluding hydrogens is 323 g/mol. The number of nitrogens with one attached hydrogen (secondary N) is 1. The minimum absolute atomic E-state index is 0.0156. The van der Waals surface area contributed by atoms with Crippen molar-refractivity contribution >= 4 is 5.91 Å². The van der Waals surface area contributed by atoms with Gasteiger partial charge in [-0.25, -0.2) is 9.37 Å². The number of amides is 1. The number of halogens is 1. The third kappa shape index (κ3) is 4.78. The minimum atomic E-state index is -0.321. The number of carbonyl (C=O) groups is 1. The molecule has 7 heteroatoms. The van der Waals surface area contributed by atoms with Crippen LogP contribution in [0, 0.1) is 11.7 Å². The predicted molar refractivity (Wildman–Crippen MR) is 90.7 cm³/mol. The highest BCUT2D eigenvalue weighted by atomic mass is 19.1. The van der Waals surface area contributed by atoms with E-state index in [1.807, 2.05) is 11.8 Å². The van der Waals surface area contributed by atoms with Gasteiger partial charge in [-0.3, -0.25) is 9.89 Å². The van der Waals surface area contributed by atoms with E-state index >= 15 is 0 Å². The first-order valence-electron chi connectivity index (χ1n) is 8.70. The fraction of sp³-hybridized carbons (Fsp3) is 0.500. The molecule has 0 saturated carbocycles. The van der Waals surface area contributed by atoms with Gasteiger partial charge >= 0.3 is 0 Å². The number of rotatable bonds is 6. The first kappa shape index (κ1) is 17.4. The Morgan fingerprint density at radius 3 is 2.68 bits per heavy atom. The normalized spacial score (nSPS) is 15.4.